The van der Waals surface area contributed by atoms with Crippen molar-refractivity contribution in [1.29, 1.82) is 0 Å². The summed E-state index contributed by atoms with van der Waals surface area (Å²) >= 11 is 0. The van der Waals surface area contributed by atoms with Crippen LogP contribution in [0.2, 0.25) is 0 Å². The Morgan fingerprint density at radius 3 is 3.00 bits per heavy atom. The maximum absolute atomic E-state index is 3.67. The van der Waals surface area contributed by atoms with E-state index in [-0.39, 0.29) is 0 Å². The molecule has 56 valence electrons. The highest BCUT2D eigenvalue weighted by molar-refractivity contribution is 5.15. The first kappa shape index (κ1) is 7.55. The Morgan fingerprint density at radius 2 is 2.50 bits per heavy atom. The van der Waals surface area contributed by atoms with E-state index in [9.17, 15) is 0 Å². The van der Waals surface area contributed by atoms with Crippen molar-refractivity contribution in [2.45, 2.75) is 25.8 Å². The molecule has 0 amide bonds. The Morgan fingerprint density at radius 1 is 1.70 bits per heavy atom. The Hall–Kier alpha value is -0.560. The fourth-order valence-corrected chi connectivity index (χ4v) is 1.38. The number of hydrogen-bond acceptors (Lipinski definition) is 1. The Balaban J connectivity index is 2.46. The van der Waals surface area contributed by atoms with Gasteiger partial charge in [0.1, 0.15) is 0 Å². The predicted molar refractivity (Wildman–Crippen MR) is 45.0 cm³/mol. The van der Waals surface area contributed by atoms with Gasteiger partial charge in [-0.3, -0.25) is 0 Å². The van der Waals surface area contributed by atoms with Gasteiger partial charge < -0.3 is 5.32 Å². The lowest BCUT2D eigenvalue weighted by Gasteiger charge is -2.08. The van der Waals surface area contributed by atoms with Crippen LogP contribution in [-0.2, 0) is 0 Å². The molecule has 1 unspecified atom stereocenters. The number of hydrogen-bond donors (Lipinski definition) is 1. The van der Waals surface area contributed by atoms with Gasteiger partial charge in [-0.2, -0.15) is 0 Å². The summed E-state index contributed by atoms with van der Waals surface area (Å²) in [5.74, 6) is 0. The number of allylic oxidation sites excluding steroid dienone is 2. The molecule has 0 aromatic carbocycles. The van der Waals surface area contributed by atoms with Crippen LogP contribution in [0.1, 0.15) is 19.8 Å². The highest BCUT2D eigenvalue weighted by Crippen LogP contribution is 2.12. The van der Waals surface area contributed by atoms with E-state index in [1.165, 1.54) is 25.0 Å². The van der Waals surface area contributed by atoms with Crippen molar-refractivity contribution < 1.29 is 0 Å². The van der Waals surface area contributed by atoms with E-state index >= 15 is 0 Å². The van der Waals surface area contributed by atoms with Gasteiger partial charge in [-0.05, 0) is 26.3 Å². The van der Waals surface area contributed by atoms with Crippen LogP contribution in [0.3, 0.4) is 0 Å². The van der Waals surface area contributed by atoms with Crippen molar-refractivity contribution in [2.75, 3.05) is 6.54 Å². The SMILES string of the molecule is C=C/C=C(\C)C1CCCN1. The molecule has 0 aromatic heterocycles. The van der Waals surface area contributed by atoms with Gasteiger partial charge in [-0.1, -0.05) is 24.3 Å². The molecule has 1 aliphatic rings. The monoisotopic (exact) mass is 137 g/mol. The molecule has 10 heavy (non-hydrogen) atoms. The summed E-state index contributed by atoms with van der Waals surface area (Å²) in [5, 5.41) is 3.43. The van der Waals surface area contributed by atoms with E-state index in [0.717, 1.165) is 0 Å². The maximum atomic E-state index is 3.67. The van der Waals surface area contributed by atoms with Crippen molar-refractivity contribution >= 4 is 0 Å². The molecule has 1 nitrogen and oxygen atoms in total. The zero-order valence-corrected chi connectivity index (χ0v) is 6.56. The summed E-state index contributed by atoms with van der Waals surface area (Å²) < 4.78 is 0. The van der Waals surface area contributed by atoms with Crippen molar-refractivity contribution in [1.82, 2.24) is 5.32 Å². The third-order valence-corrected chi connectivity index (χ3v) is 1.99. The molecule has 1 saturated heterocycles. The standard InChI is InChI=1S/C9H15N/c1-3-5-8(2)9-6-4-7-10-9/h3,5,9-10H,1,4,6-7H2,2H3/b8-5+. The normalized spacial score (nSPS) is 26.9. The molecular weight excluding hydrogens is 122 g/mol. The summed E-state index contributed by atoms with van der Waals surface area (Å²) in [6.45, 7) is 7.00. The van der Waals surface area contributed by atoms with Crippen molar-refractivity contribution in [3.8, 4) is 0 Å². The highest BCUT2D eigenvalue weighted by Gasteiger charge is 2.14. The van der Waals surface area contributed by atoms with Crippen LogP contribution in [0.25, 0.3) is 0 Å². The molecule has 1 atom stereocenters. The average molecular weight is 137 g/mol. The minimum atomic E-state index is 0.623. The molecule has 1 rings (SSSR count). The maximum Gasteiger partial charge on any atom is 0.0280 e. The van der Waals surface area contributed by atoms with Crippen LogP contribution in [-0.4, -0.2) is 12.6 Å². The van der Waals surface area contributed by atoms with Gasteiger partial charge in [0.25, 0.3) is 0 Å². The highest BCUT2D eigenvalue weighted by atomic mass is 14.9. The van der Waals surface area contributed by atoms with Gasteiger partial charge in [-0.25, -0.2) is 0 Å². The van der Waals surface area contributed by atoms with E-state index in [0.29, 0.717) is 6.04 Å². The smallest absolute Gasteiger partial charge is 0.0280 e. The van der Waals surface area contributed by atoms with E-state index in [1.807, 2.05) is 6.08 Å². The van der Waals surface area contributed by atoms with Crippen LogP contribution in [0.5, 0.6) is 0 Å². The summed E-state index contributed by atoms with van der Waals surface area (Å²) in [5.41, 5.74) is 1.41. The minimum Gasteiger partial charge on any atom is -0.310 e. The molecule has 0 spiro atoms. The van der Waals surface area contributed by atoms with Crippen LogP contribution < -0.4 is 5.32 Å². The van der Waals surface area contributed by atoms with Crippen molar-refractivity contribution in [2.24, 2.45) is 0 Å². The third kappa shape index (κ3) is 1.71. The molecule has 1 aliphatic heterocycles. The molecule has 1 N–H and O–H groups in total. The fraction of sp³-hybridized carbons (Fsp3) is 0.556. The second kappa shape index (κ2) is 3.57. The van der Waals surface area contributed by atoms with E-state index in [4.69, 9.17) is 0 Å². The van der Waals surface area contributed by atoms with E-state index in [2.05, 4.69) is 24.9 Å². The summed E-state index contributed by atoms with van der Waals surface area (Å²) in [6.07, 6.45) is 6.54. The molecule has 1 heteroatoms. The van der Waals surface area contributed by atoms with Crippen LogP contribution in [0, 0.1) is 0 Å². The molecule has 1 fully saturated rings. The molecule has 0 bridgehead atoms. The van der Waals surface area contributed by atoms with Gasteiger partial charge in [0.05, 0.1) is 0 Å². The van der Waals surface area contributed by atoms with Gasteiger partial charge in [0.2, 0.25) is 0 Å². The second-order valence-corrected chi connectivity index (χ2v) is 2.80. The molecule has 0 aliphatic carbocycles. The number of rotatable bonds is 2. The van der Waals surface area contributed by atoms with Gasteiger partial charge >= 0.3 is 0 Å². The first-order valence-corrected chi connectivity index (χ1v) is 3.87. The van der Waals surface area contributed by atoms with Gasteiger partial charge in [0, 0.05) is 6.04 Å². The second-order valence-electron chi connectivity index (χ2n) is 2.80. The molecule has 0 radical (unpaired) electrons. The lowest BCUT2D eigenvalue weighted by atomic mass is 10.1. The molecule has 0 saturated carbocycles. The van der Waals surface area contributed by atoms with E-state index in [1.54, 1.807) is 0 Å². The van der Waals surface area contributed by atoms with Crippen LogP contribution in [0.15, 0.2) is 24.3 Å². The lowest BCUT2D eigenvalue weighted by Crippen LogP contribution is -2.22. The van der Waals surface area contributed by atoms with Crippen LogP contribution >= 0.6 is 0 Å². The van der Waals surface area contributed by atoms with Crippen molar-refractivity contribution in [3.05, 3.63) is 24.3 Å². The van der Waals surface area contributed by atoms with Crippen molar-refractivity contribution in [3.63, 3.8) is 0 Å². The predicted octanol–water partition coefficient (Wildman–Crippen LogP) is 1.87. The summed E-state index contributed by atoms with van der Waals surface area (Å²) in [7, 11) is 0. The lowest BCUT2D eigenvalue weighted by molar-refractivity contribution is 0.689. The summed E-state index contributed by atoms with van der Waals surface area (Å²) in [4.78, 5) is 0. The fourth-order valence-electron chi connectivity index (χ4n) is 1.38. The Bertz CT molecular complexity index is 141. The van der Waals surface area contributed by atoms with E-state index < -0.39 is 0 Å². The Kier molecular flexibility index (Phi) is 2.69. The molecular formula is C9H15N. The molecule has 1 heterocycles. The zero-order chi connectivity index (χ0) is 7.40. The first-order chi connectivity index (χ1) is 4.84. The summed E-state index contributed by atoms with van der Waals surface area (Å²) in [6, 6.07) is 0.623. The third-order valence-electron chi connectivity index (χ3n) is 1.99. The largest absolute Gasteiger partial charge is 0.310 e. The quantitative estimate of drug-likeness (QED) is 0.573. The minimum absolute atomic E-state index is 0.623. The first-order valence-electron chi connectivity index (χ1n) is 3.87. The molecule has 0 aromatic rings. The average Bonchev–Trinajstić information content (AvgIpc) is 2.38. The van der Waals surface area contributed by atoms with Crippen LogP contribution in [0.4, 0.5) is 0 Å². The number of nitrogens with one attached hydrogen (secondary N) is 1. The van der Waals surface area contributed by atoms with Gasteiger partial charge in [0.15, 0.2) is 0 Å². The Labute approximate surface area is 62.8 Å². The zero-order valence-electron chi connectivity index (χ0n) is 6.56. The van der Waals surface area contributed by atoms with Gasteiger partial charge in [-0.15, -0.1) is 0 Å². The topological polar surface area (TPSA) is 12.0 Å².